The molecule has 0 spiro atoms. The van der Waals surface area contributed by atoms with Gasteiger partial charge in [0, 0.05) is 23.2 Å². The van der Waals surface area contributed by atoms with E-state index in [0.717, 1.165) is 34.7 Å². The largest absolute Gasteiger partial charge is 0.417 e. The van der Waals surface area contributed by atoms with Crippen LogP contribution in [0.3, 0.4) is 0 Å². The second kappa shape index (κ2) is 11.0. The van der Waals surface area contributed by atoms with E-state index in [2.05, 4.69) is 21.8 Å². The fourth-order valence-corrected chi connectivity index (χ4v) is 5.84. The summed E-state index contributed by atoms with van der Waals surface area (Å²) in [6.45, 7) is 10.3. The number of nitrogens with two attached hydrogens (primary N) is 1. The monoisotopic (exact) mass is 540 g/mol. The first kappa shape index (κ1) is 26.6. The van der Waals surface area contributed by atoms with Crippen molar-refractivity contribution < 1.29 is 9.21 Å². The molecule has 2 N–H and O–H groups in total. The van der Waals surface area contributed by atoms with Crippen LogP contribution in [0.15, 0.2) is 71.0 Å². The van der Waals surface area contributed by atoms with Crippen LogP contribution < -0.4 is 5.73 Å². The Bertz CT molecular complexity index is 1520. The summed E-state index contributed by atoms with van der Waals surface area (Å²) < 4.78 is 6.07. The molecule has 1 saturated heterocycles. The molecule has 0 radical (unpaired) electrons. The summed E-state index contributed by atoms with van der Waals surface area (Å²) in [4.78, 5) is 25.2. The summed E-state index contributed by atoms with van der Waals surface area (Å²) >= 11 is 1.60. The number of benzene rings is 1. The molecule has 200 valence electrons. The maximum atomic E-state index is 13.9. The third-order valence-electron chi connectivity index (χ3n) is 6.88. The number of carbonyl (C=O) groups excluding carboxylic acids is 1. The zero-order chi connectivity index (χ0) is 27.6. The van der Waals surface area contributed by atoms with Gasteiger partial charge in [0.1, 0.15) is 10.7 Å². The molecule has 39 heavy (non-hydrogen) atoms. The van der Waals surface area contributed by atoms with Crippen molar-refractivity contribution in [3.8, 4) is 11.6 Å². The Morgan fingerprint density at radius 1 is 1.26 bits per heavy atom. The molecular formula is C30H32N6O2S. The standard InChI is InChI=1S/C30H32N6O2S/c1-5-21(6-2)23-15-22(28(37)36-14-10-13-25(36)27-32-19(3)18-39-27)16-24(33-23)26-34-35-29(38-26)30(4,31)17-20-11-8-7-9-12-20/h5-9,11-12,15-16,18,25H,1,10,13-14,17,31H2,2-4H3. The molecule has 0 saturated carbocycles. The van der Waals surface area contributed by atoms with Crippen molar-refractivity contribution in [3.63, 3.8) is 0 Å². The number of hydrogen-bond acceptors (Lipinski definition) is 8. The van der Waals surface area contributed by atoms with Crippen LogP contribution in [0.1, 0.15) is 70.9 Å². The van der Waals surface area contributed by atoms with Gasteiger partial charge in [-0.1, -0.05) is 49.1 Å². The predicted molar refractivity (Wildman–Crippen MR) is 153 cm³/mol. The van der Waals surface area contributed by atoms with Crippen LogP contribution in [0.5, 0.6) is 0 Å². The van der Waals surface area contributed by atoms with Crippen molar-refractivity contribution in [1.82, 2.24) is 25.1 Å². The van der Waals surface area contributed by atoms with E-state index < -0.39 is 5.54 Å². The number of thiazole rings is 1. The van der Waals surface area contributed by atoms with Gasteiger partial charge in [0.2, 0.25) is 5.89 Å². The molecule has 9 heteroatoms. The number of pyridine rings is 1. The smallest absolute Gasteiger partial charge is 0.266 e. The van der Waals surface area contributed by atoms with Gasteiger partial charge in [-0.15, -0.1) is 21.5 Å². The van der Waals surface area contributed by atoms with Gasteiger partial charge < -0.3 is 15.1 Å². The van der Waals surface area contributed by atoms with Gasteiger partial charge in [-0.25, -0.2) is 9.97 Å². The lowest BCUT2D eigenvalue weighted by Crippen LogP contribution is -2.35. The van der Waals surface area contributed by atoms with Gasteiger partial charge in [0.05, 0.1) is 17.3 Å². The molecule has 1 fully saturated rings. The van der Waals surface area contributed by atoms with Crippen LogP contribution >= 0.6 is 11.3 Å². The molecule has 8 nitrogen and oxygen atoms in total. The zero-order valence-corrected chi connectivity index (χ0v) is 23.2. The van der Waals surface area contributed by atoms with Crippen molar-refractivity contribution in [2.75, 3.05) is 6.54 Å². The van der Waals surface area contributed by atoms with Crippen molar-refractivity contribution in [2.45, 2.75) is 51.6 Å². The van der Waals surface area contributed by atoms with Crippen molar-refractivity contribution in [3.05, 3.63) is 100.0 Å². The summed E-state index contributed by atoms with van der Waals surface area (Å²) in [6, 6.07) is 13.4. The van der Waals surface area contributed by atoms with Crippen LogP contribution in [0, 0.1) is 6.92 Å². The molecule has 0 aliphatic carbocycles. The number of amides is 1. The molecule has 4 aromatic rings. The lowest BCUT2D eigenvalue weighted by molar-refractivity contribution is 0.0735. The number of likely N-dealkylation sites (tertiary alicyclic amines) is 1. The molecule has 5 rings (SSSR count). The number of hydrogen-bond donors (Lipinski definition) is 1. The van der Waals surface area contributed by atoms with Gasteiger partial charge in [0.25, 0.3) is 11.8 Å². The number of carbonyl (C=O) groups is 1. The van der Waals surface area contributed by atoms with E-state index in [1.54, 1.807) is 29.5 Å². The number of allylic oxidation sites excluding steroid dienone is 3. The summed E-state index contributed by atoms with van der Waals surface area (Å²) in [5.74, 6) is 0.427. The van der Waals surface area contributed by atoms with Gasteiger partial charge >= 0.3 is 0 Å². The Morgan fingerprint density at radius 2 is 2.05 bits per heavy atom. The Hall–Kier alpha value is -3.95. The molecule has 2 atom stereocenters. The van der Waals surface area contributed by atoms with Gasteiger partial charge in [-0.05, 0) is 63.3 Å². The predicted octanol–water partition coefficient (Wildman–Crippen LogP) is 5.88. The quantitative estimate of drug-likeness (QED) is 0.278. The normalized spacial score (nSPS) is 17.3. The Kier molecular flexibility index (Phi) is 7.54. The topological polar surface area (TPSA) is 111 Å². The average Bonchev–Trinajstić information content (AvgIpc) is 3.70. The van der Waals surface area contributed by atoms with Crippen LogP contribution in [-0.2, 0) is 12.0 Å². The lowest BCUT2D eigenvalue weighted by Gasteiger charge is -2.23. The van der Waals surface area contributed by atoms with E-state index in [0.29, 0.717) is 35.8 Å². The van der Waals surface area contributed by atoms with Crippen LogP contribution in [0.25, 0.3) is 17.2 Å². The van der Waals surface area contributed by atoms with Crippen molar-refractivity contribution in [2.24, 2.45) is 5.73 Å². The number of nitrogens with zero attached hydrogens (tertiary/aromatic N) is 5. The third-order valence-corrected chi connectivity index (χ3v) is 7.95. The molecule has 1 aliphatic rings. The number of rotatable bonds is 8. The fourth-order valence-electron chi connectivity index (χ4n) is 4.89. The molecule has 2 unspecified atom stereocenters. The van der Waals surface area contributed by atoms with E-state index >= 15 is 0 Å². The summed E-state index contributed by atoms with van der Waals surface area (Å²) in [5.41, 5.74) is 10.1. The second-order valence-electron chi connectivity index (χ2n) is 10.1. The Labute approximate surface area is 232 Å². The van der Waals surface area contributed by atoms with Gasteiger partial charge in [0.15, 0.2) is 0 Å². The highest BCUT2D eigenvalue weighted by atomic mass is 32.1. The fraction of sp³-hybridized carbons (Fsp3) is 0.300. The summed E-state index contributed by atoms with van der Waals surface area (Å²) in [7, 11) is 0. The van der Waals surface area contributed by atoms with Gasteiger partial charge in [-0.2, -0.15) is 0 Å². The highest BCUT2D eigenvalue weighted by molar-refractivity contribution is 7.09. The highest BCUT2D eigenvalue weighted by Gasteiger charge is 2.34. The summed E-state index contributed by atoms with van der Waals surface area (Å²) in [5, 5.41) is 11.5. The molecule has 4 heterocycles. The third kappa shape index (κ3) is 5.60. The highest BCUT2D eigenvalue weighted by Crippen LogP contribution is 2.35. The van der Waals surface area contributed by atoms with Crippen molar-refractivity contribution >= 4 is 22.8 Å². The first-order valence-electron chi connectivity index (χ1n) is 13.0. The van der Waals surface area contributed by atoms with E-state index in [9.17, 15) is 4.79 Å². The molecule has 1 amide bonds. The minimum absolute atomic E-state index is 0.0391. The molecule has 3 aromatic heterocycles. The molecule has 1 aromatic carbocycles. The van der Waals surface area contributed by atoms with E-state index in [1.807, 2.05) is 67.5 Å². The van der Waals surface area contributed by atoms with E-state index in [1.165, 1.54) is 0 Å². The first-order chi connectivity index (χ1) is 18.8. The van der Waals surface area contributed by atoms with Crippen molar-refractivity contribution in [1.29, 1.82) is 0 Å². The summed E-state index contributed by atoms with van der Waals surface area (Å²) in [6.07, 6.45) is 5.96. The van der Waals surface area contributed by atoms with E-state index in [-0.39, 0.29) is 17.8 Å². The minimum Gasteiger partial charge on any atom is -0.417 e. The molecule has 0 bridgehead atoms. The Balaban J connectivity index is 1.50. The lowest BCUT2D eigenvalue weighted by atomic mass is 9.94. The second-order valence-corrected chi connectivity index (χ2v) is 10.9. The SMILES string of the molecule is C=CC(=CC)c1cc(C(=O)N2CCCC2c2nc(C)cs2)cc(-c2nnc(C(C)(N)Cc3ccccc3)o2)n1. The van der Waals surface area contributed by atoms with Crippen LogP contribution in [0.2, 0.25) is 0 Å². The molecule has 1 aliphatic heterocycles. The number of aromatic nitrogens is 4. The average molecular weight is 541 g/mol. The number of aryl methyl sites for hydroxylation is 1. The maximum Gasteiger partial charge on any atom is 0.266 e. The van der Waals surface area contributed by atoms with Gasteiger partial charge in [-0.3, -0.25) is 4.79 Å². The van der Waals surface area contributed by atoms with Crippen LogP contribution in [-0.4, -0.2) is 37.5 Å². The molecular weight excluding hydrogens is 508 g/mol. The van der Waals surface area contributed by atoms with Crippen LogP contribution in [0.4, 0.5) is 0 Å². The Morgan fingerprint density at radius 3 is 2.74 bits per heavy atom. The zero-order valence-electron chi connectivity index (χ0n) is 22.4. The maximum absolute atomic E-state index is 13.9. The minimum atomic E-state index is -0.882. The van der Waals surface area contributed by atoms with E-state index in [4.69, 9.17) is 15.1 Å². The first-order valence-corrected chi connectivity index (χ1v) is 13.9.